The fraction of sp³-hybridized carbons (Fsp3) is 0.583. The zero-order valence-corrected chi connectivity index (χ0v) is 10.7. The molecule has 5 heteroatoms. The van der Waals surface area contributed by atoms with E-state index in [9.17, 15) is 8.42 Å². The first-order valence-corrected chi connectivity index (χ1v) is 7.39. The highest BCUT2D eigenvalue weighted by molar-refractivity contribution is 7.72. The zero-order valence-electron chi connectivity index (χ0n) is 9.79. The maximum Gasteiger partial charge on any atom is 0.140 e. The van der Waals surface area contributed by atoms with Crippen LogP contribution in [-0.2, 0) is 10.7 Å². The minimum Gasteiger partial charge on any atom is -0.371 e. The fourth-order valence-corrected chi connectivity index (χ4v) is 2.90. The van der Waals surface area contributed by atoms with Gasteiger partial charge in [-0.3, -0.25) is 4.98 Å². The number of aromatic nitrogens is 1. The number of anilines is 1. The molecule has 94 valence electrons. The smallest absolute Gasteiger partial charge is 0.140 e. The molecule has 1 fully saturated rings. The molecule has 1 aromatic rings. The van der Waals surface area contributed by atoms with E-state index in [-0.39, 0.29) is 0 Å². The molecule has 0 radical (unpaired) electrons. The quantitative estimate of drug-likeness (QED) is 0.823. The molecule has 0 spiro atoms. The Hall–Kier alpha value is -1.10. The van der Waals surface area contributed by atoms with Crippen molar-refractivity contribution in [2.24, 2.45) is 5.92 Å². The Morgan fingerprint density at radius 2 is 1.88 bits per heavy atom. The molecule has 1 saturated heterocycles. The van der Waals surface area contributed by atoms with Gasteiger partial charge in [0.05, 0.1) is 0 Å². The lowest BCUT2D eigenvalue weighted by Crippen LogP contribution is -2.33. The molecule has 0 aromatic carbocycles. The van der Waals surface area contributed by atoms with Gasteiger partial charge < -0.3 is 4.90 Å². The molecule has 0 amide bonds. The van der Waals surface area contributed by atoms with Crippen molar-refractivity contribution in [3.05, 3.63) is 24.5 Å². The predicted molar refractivity (Wildman–Crippen MR) is 69.0 cm³/mol. The summed E-state index contributed by atoms with van der Waals surface area (Å²) in [6.07, 6.45) is 6.62. The maximum absolute atomic E-state index is 10.5. The first-order chi connectivity index (χ1) is 8.25. The van der Waals surface area contributed by atoms with Gasteiger partial charge in [0.2, 0.25) is 0 Å². The van der Waals surface area contributed by atoms with Crippen LogP contribution in [0, 0.1) is 5.92 Å². The van der Waals surface area contributed by atoms with Crippen LogP contribution >= 0.6 is 0 Å². The van der Waals surface area contributed by atoms with Crippen LogP contribution < -0.4 is 4.90 Å². The Balaban J connectivity index is 1.82. The molecule has 0 N–H and O–H groups in total. The summed E-state index contributed by atoms with van der Waals surface area (Å²) in [6.45, 7) is 2.04. The van der Waals surface area contributed by atoms with Crippen molar-refractivity contribution < 1.29 is 8.42 Å². The third-order valence-electron chi connectivity index (χ3n) is 3.36. The monoisotopic (exact) mass is 254 g/mol. The van der Waals surface area contributed by atoms with Crippen LogP contribution in [0.25, 0.3) is 0 Å². The maximum atomic E-state index is 10.5. The van der Waals surface area contributed by atoms with E-state index in [2.05, 4.69) is 9.88 Å². The van der Waals surface area contributed by atoms with E-state index < -0.39 is 10.7 Å². The number of hydrogen-bond donors (Lipinski definition) is 1. The van der Waals surface area contributed by atoms with Crippen molar-refractivity contribution in [1.82, 2.24) is 4.98 Å². The molecular formula is C12H18N2O2S. The minimum atomic E-state index is -2.20. The molecule has 1 aliphatic rings. The van der Waals surface area contributed by atoms with Gasteiger partial charge in [-0.05, 0) is 37.3 Å². The highest BCUT2D eigenvalue weighted by Gasteiger charge is 2.19. The number of nitrogens with zero attached hydrogens (tertiary/aromatic N) is 2. The van der Waals surface area contributed by atoms with Gasteiger partial charge in [-0.15, -0.1) is 0 Å². The number of pyridine rings is 1. The van der Waals surface area contributed by atoms with Crippen LogP contribution in [0.2, 0.25) is 0 Å². The second-order valence-electron chi connectivity index (χ2n) is 4.48. The van der Waals surface area contributed by atoms with Gasteiger partial charge in [0.15, 0.2) is 0 Å². The number of thiol groups is 1. The molecule has 0 unspecified atom stereocenters. The molecule has 1 aliphatic heterocycles. The normalized spacial score (nSPS) is 17.6. The van der Waals surface area contributed by atoms with Crippen LogP contribution in [0.4, 0.5) is 5.69 Å². The third kappa shape index (κ3) is 3.70. The van der Waals surface area contributed by atoms with E-state index >= 15 is 0 Å². The van der Waals surface area contributed by atoms with E-state index in [0.29, 0.717) is 11.7 Å². The Morgan fingerprint density at radius 3 is 2.47 bits per heavy atom. The van der Waals surface area contributed by atoms with Gasteiger partial charge >= 0.3 is 0 Å². The molecule has 0 saturated carbocycles. The molecule has 0 atom stereocenters. The molecule has 1 aromatic heterocycles. The summed E-state index contributed by atoms with van der Waals surface area (Å²) in [5.74, 6) is 0.913. The fourth-order valence-electron chi connectivity index (χ4n) is 2.32. The van der Waals surface area contributed by atoms with Gasteiger partial charge in [-0.25, -0.2) is 8.42 Å². The Morgan fingerprint density at radius 1 is 1.24 bits per heavy atom. The molecule has 0 aliphatic carbocycles. The van der Waals surface area contributed by atoms with Crippen molar-refractivity contribution in [1.29, 1.82) is 0 Å². The second kappa shape index (κ2) is 6.00. The highest BCUT2D eigenvalue weighted by Crippen LogP contribution is 2.24. The Kier molecular flexibility index (Phi) is 4.36. The standard InChI is InChI=1S/C12H18N2O2S/c15-17(16)10-5-11-3-8-14(9-4-11)12-1-6-13-7-2-12/h1-2,6-7,11,17H,3-5,8-10H2. The lowest BCUT2D eigenvalue weighted by atomic mass is 9.94. The van der Waals surface area contributed by atoms with E-state index in [0.717, 1.165) is 32.4 Å². The molecule has 17 heavy (non-hydrogen) atoms. The first-order valence-electron chi connectivity index (χ1n) is 6.02. The molecule has 2 rings (SSSR count). The molecule has 0 bridgehead atoms. The SMILES string of the molecule is O=[SH](=O)CCC1CCN(c2ccncc2)CC1. The molecule has 2 heterocycles. The summed E-state index contributed by atoms with van der Waals surface area (Å²) in [5, 5.41) is 0. The molecule has 4 nitrogen and oxygen atoms in total. The zero-order chi connectivity index (χ0) is 12.1. The predicted octanol–water partition coefficient (Wildman–Crippen LogP) is 1.30. The van der Waals surface area contributed by atoms with Crippen LogP contribution in [0.5, 0.6) is 0 Å². The van der Waals surface area contributed by atoms with Crippen molar-refractivity contribution in [2.75, 3.05) is 23.7 Å². The number of piperidine rings is 1. The van der Waals surface area contributed by atoms with Crippen LogP contribution in [-0.4, -0.2) is 32.2 Å². The summed E-state index contributed by atoms with van der Waals surface area (Å²) in [7, 11) is -2.20. The van der Waals surface area contributed by atoms with Crippen LogP contribution in [0.3, 0.4) is 0 Å². The summed E-state index contributed by atoms with van der Waals surface area (Å²) in [6, 6.07) is 4.05. The lowest BCUT2D eigenvalue weighted by molar-refractivity contribution is 0.395. The van der Waals surface area contributed by atoms with Gasteiger partial charge in [-0.2, -0.15) is 0 Å². The minimum absolute atomic E-state index is 0.343. The van der Waals surface area contributed by atoms with Crippen molar-refractivity contribution >= 4 is 16.4 Å². The van der Waals surface area contributed by atoms with Crippen molar-refractivity contribution in [2.45, 2.75) is 19.3 Å². The average molecular weight is 254 g/mol. The first kappa shape index (κ1) is 12.4. The van der Waals surface area contributed by atoms with Gasteiger partial charge in [0, 0.05) is 36.9 Å². The van der Waals surface area contributed by atoms with Crippen LogP contribution in [0.15, 0.2) is 24.5 Å². The Bertz CT molecular complexity index is 404. The highest BCUT2D eigenvalue weighted by atomic mass is 32.2. The van der Waals surface area contributed by atoms with Gasteiger partial charge in [-0.1, -0.05) is 0 Å². The Labute approximate surface area is 104 Å². The lowest BCUT2D eigenvalue weighted by Gasteiger charge is -2.33. The third-order valence-corrected chi connectivity index (χ3v) is 3.99. The van der Waals surface area contributed by atoms with Gasteiger partial charge in [0.1, 0.15) is 10.7 Å². The summed E-state index contributed by atoms with van der Waals surface area (Å²) in [5.41, 5.74) is 1.22. The summed E-state index contributed by atoms with van der Waals surface area (Å²) >= 11 is 0. The topological polar surface area (TPSA) is 50.3 Å². The average Bonchev–Trinajstić information content (AvgIpc) is 2.38. The van der Waals surface area contributed by atoms with Crippen molar-refractivity contribution in [3.8, 4) is 0 Å². The van der Waals surface area contributed by atoms with E-state index in [1.165, 1.54) is 5.69 Å². The summed E-state index contributed by atoms with van der Waals surface area (Å²) in [4.78, 5) is 6.35. The summed E-state index contributed by atoms with van der Waals surface area (Å²) < 4.78 is 21.1. The van der Waals surface area contributed by atoms with E-state index in [1.807, 2.05) is 24.5 Å². The molecular weight excluding hydrogens is 236 g/mol. The van der Waals surface area contributed by atoms with Crippen molar-refractivity contribution in [3.63, 3.8) is 0 Å². The van der Waals surface area contributed by atoms with E-state index in [4.69, 9.17) is 0 Å². The second-order valence-corrected chi connectivity index (χ2v) is 5.59. The van der Waals surface area contributed by atoms with E-state index in [1.54, 1.807) is 0 Å². The number of rotatable bonds is 4. The number of hydrogen-bond acceptors (Lipinski definition) is 4. The largest absolute Gasteiger partial charge is 0.371 e. The van der Waals surface area contributed by atoms with Crippen LogP contribution in [0.1, 0.15) is 19.3 Å². The van der Waals surface area contributed by atoms with Gasteiger partial charge in [0.25, 0.3) is 0 Å².